The van der Waals surface area contributed by atoms with Gasteiger partial charge in [-0.3, -0.25) is 19.2 Å². The van der Waals surface area contributed by atoms with Crippen LogP contribution in [0.2, 0.25) is 0 Å². The Morgan fingerprint density at radius 2 is 1.53 bits per heavy atom. The zero-order valence-corrected chi connectivity index (χ0v) is 20.7. The SMILES string of the molecule is CC(Sc1cccc(NC(=O)c2cccs2)c1)C(=O)Nc1cccc2c1C(=O)c1ccccc1C2=O. The molecule has 0 aliphatic heterocycles. The van der Waals surface area contributed by atoms with E-state index in [1.807, 2.05) is 29.6 Å². The number of anilines is 2. The van der Waals surface area contributed by atoms with Crippen molar-refractivity contribution in [3.05, 3.63) is 111 Å². The smallest absolute Gasteiger partial charge is 0.265 e. The van der Waals surface area contributed by atoms with Crippen LogP contribution in [0.15, 0.2) is 89.1 Å². The van der Waals surface area contributed by atoms with Gasteiger partial charge in [0.15, 0.2) is 11.6 Å². The first-order valence-corrected chi connectivity index (χ1v) is 12.9. The maximum Gasteiger partial charge on any atom is 0.265 e. The minimum atomic E-state index is -0.509. The van der Waals surface area contributed by atoms with Gasteiger partial charge in [0, 0.05) is 27.3 Å². The summed E-state index contributed by atoms with van der Waals surface area (Å²) in [5.74, 6) is -1.01. The van der Waals surface area contributed by atoms with Gasteiger partial charge < -0.3 is 10.6 Å². The molecule has 36 heavy (non-hydrogen) atoms. The van der Waals surface area contributed by atoms with Crippen LogP contribution in [0.5, 0.6) is 0 Å². The van der Waals surface area contributed by atoms with E-state index in [2.05, 4.69) is 10.6 Å². The predicted octanol–water partition coefficient (Wildman–Crippen LogP) is 5.90. The number of rotatable bonds is 6. The summed E-state index contributed by atoms with van der Waals surface area (Å²) in [6, 6.07) is 22.4. The van der Waals surface area contributed by atoms with Crippen molar-refractivity contribution < 1.29 is 19.2 Å². The number of amides is 2. The lowest BCUT2D eigenvalue weighted by atomic mass is 9.83. The van der Waals surface area contributed by atoms with Crippen molar-refractivity contribution >= 4 is 57.9 Å². The van der Waals surface area contributed by atoms with Crippen molar-refractivity contribution in [2.75, 3.05) is 10.6 Å². The maximum absolute atomic E-state index is 13.2. The van der Waals surface area contributed by atoms with Gasteiger partial charge in [-0.05, 0) is 42.6 Å². The van der Waals surface area contributed by atoms with Crippen LogP contribution in [0, 0.1) is 0 Å². The van der Waals surface area contributed by atoms with Crippen LogP contribution in [-0.2, 0) is 4.79 Å². The number of thiophene rings is 1. The second-order valence-electron chi connectivity index (χ2n) is 8.14. The van der Waals surface area contributed by atoms with E-state index >= 15 is 0 Å². The van der Waals surface area contributed by atoms with E-state index in [1.54, 1.807) is 61.5 Å². The number of carbonyl (C=O) groups is 4. The molecule has 178 valence electrons. The molecule has 0 fully saturated rings. The molecule has 2 amide bonds. The van der Waals surface area contributed by atoms with Crippen molar-refractivity contribution in [1.29, 1.82) is 0 Å². The zero-order chi connectivity index (χ0) is 25.2. The Morgan fingerprint density at radius 3 is 2.28 bits per heavy atom. The van der Waals surface area contributed by atoms with Crippen molar-refractivity contribution in [2.24, 2.45) is 0 Å². The standard InChI is InChI=1S/C28H20N2O4S2/c1-16(36-18-8-4-7-17(15-18)29-28(34)23-13-6-14-35-23)27(33)30-22-12-5-11-21-24(22)26(32)20-10-3-2-9-19(20)25(21)31/h2-16H,1H3,(H,29,34)(H,30,33). The van der Waals surface area contributed by atoms with Crippen LogP contribution in [-0.4, -0.2) is 28.6 Å². The summed E-state index contributed by atoms with van der Waals surface area (Å²) in [4.78, 5) is 53.0. The number of benzene rings is 3. The molecule has 0 bridgehead atoms. The van der Waals surface area contributed by atoms with E-state index in [-0.39, 0.29) is 34.5 Å². The molecule has 1 aliphatic carbocycles. The van der Waals surface area contributed by atoms with Gasteiger partial charge in [0.25, 0.3) is 5.91 Å². The molecule has 0 radical (unpaired) electrons. The number of ketones is 2. The Morgan fingerprint density at radius 1 is 0.806 bits per heavy atom. The first-order valence-electron chi connectivity index (χ1n) is 11.2. The molecule has 0 saturated heterocycles. The summed E-state index contributed by atoms with van der Waals surface area (Å²) < 4.78 is 0. The van der Waals surface area contributed by atoms with Gasteiger partial charge in [0.05, 0.1) is 21.4 Å². The quantitative estimate of drug-likeness (QED) is 0.277. The van der Waals surface area contributed by atoms with E-state index in [9.17, 15) is 19.2 Å². The van der Waals surface area contributed by atoms with Crippen LogP contribution in [0.3, 0.4) is 0 Å². The number of hydrogen-bond donors (Lipinski definition) is 2. The fraction of sp³-hybridized carbons (Fsp3) is 0.0714. The zero-order valence-electron chi connectivity index (χ0n) is 19.1. The normalized spacial score (nSPS) is 12.9. The molecule has 1 atom stereocenters. The van der Waals surface area contributed by atoms with Gasteiger partial charge in [0.2, 0.25) is 5.91 Å². The predicted molar refractivity (Wildman–Crippen MR) is 142 cm³/mol. The molecule has 8 heteroatoms. The lowest BCUT2D eigenvalue weighted by Crippen LogP contribution is -2.27. The van der Waals surface area contributed by atoms with Crippen molar-refractivity contribution in [3.63, 3.8) is 0 Å². The number of hydrogen-bond acceptors (Lipinski definition) is 6. The summed E-state index contributed by atoms with van der Waals surface area (Å²) in [5.41, 5.74) is 2.14. The topological polar surface area (TPSA) is 92.3 Å². The van der Waals surface area contributed by atoms with Crippen molar-refractivity contribution in [2.45, 2.75) is 17.1 Å². The third kappa shape index (κ3) is 4.60. The first kappa shape index (κ1) is 23.7. The van der Waals surface area contributed by atoms with E-state index in [0.29, 0.717) is 27.4 Å². The molecule has 1 aliphatic rings. The first-order chi connectivity index (χ1) is 17.4. The Bertz CT molecular complexity index is 1510. The van der Waals surface area contributed by atoms with Crippen molar-refractivity contribution in [1.82, 2.24) is 0 Å². The van der Waals surface area contributed by atoms with Gasteiger partial charge in [-0.25, -0.2) is 0 Å². The second kappa shape index (κ2) is 9.93. The molecule has 1 aromatic heterocycles. The number of fused-ring (bicyclic) bond motifs is 2. The van der Waals surface area contributed by atoms with Crippen molar-refractivity contribution in [3.8, 4) is 0 Å². The third-order valence-electron chi connectivity index (χ3n) is 5.73. The van der Waals surface area contributed by atoms with Gasteiger partial charge in [0.1, 0.15) is 0 Å². The molecule has 5 rings (SSSR count). The van der Waals surface area contributed by atoms with Crippen LogP contribution < -0.4 is 10.6 Å². The van der Waals surface area contributed by atoms with Crippen LogP contribution in [0.1, 0.15) is 48.4 Å². The highest BCUT2D eigenvalue weighted by atomic mass is 32.2. The Hall–Kier alpha value is -4.01. The fourth-order valence-corrected chi connectivity index (χ4v) is 5.53. The van der Waals surface area contributed by atoms with Gasteiger partial charge >= 0.3 is 0 Å². The Labute approximate surface area is 215 Å². The van der Waals surface area contributed by atoms with Gasteiger partial charge in [-0.2, -0.15) is 0 Å². The van der Waals surface area contributed by atoms with Gasteiger partial charge in [-0.1, -0.05) is 48.5 Å². The molecule has 0 saturated carbocycles. The van der Waals surface area contributed by atoms with E-state index in [1.165, 1.54) is 23.1 Å². The average Bonchev–Trinajstić information content (AvgIpc) is 3.43. The van der Waals surface area contributed by atoms with Gasteiger partial charge in [-0.15, -0.1) is 23.1 Å². The Balaban J connectivity index is 1.31. The summed E-state index contributed by atoms with van der Waals surface area (Å²) in [6.07, 6.45) is 0. The molecule has 3 aromatic carbocycles. The van der Waals surface area contributed by atoms with E-state index in [0.717, 1.165) is 4.90 Å². The summed E-state index contributed by atoms with van der Waals surface area (Å²) >= 11 is 2.69. The Kier molecular flexibility index (Phi) is 6.54. The molecular formula is C28H20N2O4S2. The highest BCUT2D eigenvalue weighted by Crippen LogP contribution is 2.33. The number of carbonyl (C=O) groups excluding carboxylic acids is 4. The van der Waals surface area contributed by atoms with Crippen LogP contribution >= 0.6 is 23.1 Å². The number of thioether (sulfide) groups is 1. The fourth-order valence-electron chi connectivity index (χ4n) is 3.99. The maximum atomic E-state index is 13.2. The molecule has 1 heterocycles. The molecule has 2 N–H and O–H groups in total. The molecular weight excluding hydrogens is 492 g/mol. The van der Waals surface area contributed by atoms with E-state index < -0.39 is 5.25 Å². The number of nitrogens with one attached hydrogen (secondary N) is 2. The van der Waals surface area contributed by atoms with Crippen LogP contribution in [0.25, 0.3) is 0 Å². The highest BCUT2D eigenvalue weighted by Gasteiger charge is 2.32. The average molecular weight is 513 g/mol. The van der Waals surface area contributed by atoms with E-state index in [4.69, 9.17) is 0 Å². The lowest BCUT2D eigenvalue weighted by molar-refractivity contribution is -0.115. The summed E-state index contributed by atoms with van der Waals surface area (Å²) in [7, 11) is 0. The largest absolute Gasteiger partial charge is 0.324 e. The highest BCUT2D eigenvalue weighted by molar-refractivity contribution is 8.00. The monoisotopic (exact) mass is 512 g/mol. The molecule has 4 aromatic rings. The van der Waals surface area contributed by atoms with Crippen LogP contribution in [0.4, 0.5) is 11.4 Å². The lowest BCUT2D eigenvalue weighted by Gasteiger charge is -2.21. The summed E-state index contributed by atoms with van der Waals surface area (Å²) in [5, 5.41) is 7.03. The minimum absolute atomic E-state index is 0.187. The molecule has 1 unspecified atom stereocenters. The minimum Gasteiger partial charge on any atom is -0.324 e. The molecule has 0 spiro atoms. The second-order valence-corrected chi connectivity index (χ2v) is 10.5. The third-order valence-corrected chi connectivity index (χ3v) is 7.69. The molecule has 6 nitrogen and oxygen atoms in total. The summed E-state index contributed by atoms with van der Waals surface area (Å²) in [6.45, 7) is 1.76.